The molecule has 0 unspecified atom stereocenters. The lowest BCUT2D eigenvalue weighted by atomic mass is 10.2. The minimum absolute atomic E-state index is 0.0477. The maximum absolute atomic E-state index is 13.3. The number of hydrogen-bond acceptors (Lipinski definition) is 5. The van der Waals surface area contributed by atoms with Gasteiger partial charge in [-0.15, -0.1) is 0 Å². The van der Waals surface area contributed by atoms with E-state index in [0.29, 0.717) is 43.5 Å². The van der Waals surface area contributed by atoms with E-state index < -0.39 is 11.7 Å². The Morgan fingerprint density at radius 2 is 1.85 bits per heavy atom. The van der Waals surface area contributed by atoms with Gasteiger partial charge < -0.3 is 15.1 Å². The van der Waals surface area contributed by atoms with Gasteiger partial charge in [0.1, 0.15) is 23.2 Å². The van der Waals surface area contributed by atoms with Gasteiger partial charge in [0.15, 0.2) is 0 Å². The second-order valence-electron chi connectivity index (χ2n) is 6.23. The summed E-state index contributed by atoms with van der Waals surface area (Å²) >= 11 is 5.74. The number of rotatable bonds is 3. The molecule has 9 heteroatoms. The van der Waals surface area contributed by atoms with Crippen LogP contribution in [-0.2, 0) is 4.79 Å². The maximum Gasteiger partial charge on any atom is 0.274 e. The third-order valence-electron chi connectivity index (χ3n) is 4.28. The van der Waals surface area contributed by atoms with Crippen molar-refractivity contribution in [1.82, 2.24) is 14.9 Å². The molecule has 0 atom stereocenters. The predicted octanol–water partition coefficient (Wildman–Crippen LogP) is 2.50. The number of carbonyl (C=O) groups excluding carboxylic acids is 2. The van der Waals surface area contributed by atoms with Gasteiger partial charge in [-0.2, -0.15) is 0 Å². The summed E-state index contributed by atoms with van der Waals surface area (Å²) in [7, 11) is 0. The molecule has 1 saturated heterocycles. The largest absolute Gasteiger partial charge is 0.353 e. The highest BCUT2D eigenvalue weighted by molar-refractivity contribution is 6.31. The standard InChI is InChI=1S/C18H19ClFN5O2/c1-11-21-16(18(27)23-13-3-4-15(20)14(19)9-13)10-17(22-11)25-7-5-24(6-8-25)12(2)26/h3-4,9-10H,5-8H2,1-2H3,(H,23,27). The molecule has 7 nitrogen and oxygen atoms in total. The number of anilines is 2. The van der Waals surface area contributed by atoms with Crippen LogP contribution in [0.15, 0.2) is 24.3 Å². The van der Waals surface area contributed by atoms with Crippen molar-refractivity contribution in [2.75, 3.05) is 36.4 Å². The van der Waals surface area contributed by atoms with Crippen molar-refractivity contribution in [2.45, 2.75) is 13.8 Å². The highest BCUT2D eigenvalue weighted by Gasteiger charge is 2.21. The molecular formula is C18H19ClFN5O2. The summed E-state index contributed by atoms with van der Waals surface area (Å²) in [6.07, 6.45) is 0. The van der Waals surface area contributed by atoms with Gasteiger partial charge in [0.2, 0.25) is 5.91 Å². The van der Waals surface area contributed by atoms with Crippen LogP contribution in [0.3, 0.4) is 0 Å². The third-order valence-corrected chi connectivity index (χ3v) is 4.57. The van der Waals surface area contributed by atoms with Crippen LogP contribution in [0.2, 0.25) is 5.02 Å². The zero-order chi connectivity index (χ0) is 19.6. The van der Waals surface area contributed by atoms with Gasteiger partial charge in [0.25, 0.3) is 5.91 Å². The molecule has 27 heavy (non-hydrogen) atoms. The van der Waals surface area contributed by atoms with E-state index >= 15 is 0 Å². The molecule has 3 rings (SSSR count). The lowest BCUT2D eigenvalue weighted by Crippen LogP contribution is -2.48. The molecule has 0 bridgehead atoms. The molecule has 1 N–H and O–H groups in total. The number of amides is 2. The normalized spacial score (nSPS) is 14.2. The number of aryl methyl sites for hydroxylation is 1. The SMILES string of the molecule is CC(=O)N1CCN(c2cc(C(=O)Nc3ccc(F)c(Cl)c3)nc(C)n2)CC1. The number of hydrogen-bond donors (Lipinski definition) is 1. The number of nitrogens with zero attached hydrogens (tertiary/aromatic N) is 4. The number of nitrogens with one attached hydrogen (secondary N) is 1. The number of carbonyl (C=O) groups is 2. The zero-order valence-corrected chi connectivity index (χ0v) is 15.8. The van der Waals surface area contributed by atoms with E-state index in [-0.39, 0.29) is 16.6 Å². The van der Waals surface area contributed by atoms with Crippen LogP contribution in [0.1, 0.15) is 23.2 Å². The van der Waals surface area contributed by atoms with Gasteiger partial charge in [-0.25, -0.2) is 14.4 Å². The Bertz CT molecular complexity index is 884. The number of piperazine rings is 1. The van der Waals surface area contributed by atoms with E-state index in [0.717, 1.165) is 0 Å². The molecule has 142 valence electrons. The van der Waals surface area contributed by atoms with E-state index in [4.69, 9.17) is 11.6 Å². The minimum atomic E-state index is -0.556. The molecule has 2 amide bonds. The van der Waals surface area contributed by atoms with E-state index in [9.17, 15) is 14.0 Å². The molecule has 1 aromatic carbocycles. The van der Waals surface area contributed by atoms with E-state index in [1.54, 1.807) is 24.8 Å². The van der Waals surface area contributed by atoms with Crippen molar-refractivity contribution in [1.29, 1.82) is 0 Å². The summed E-state index contributed by atoms with van der Waals surface area (Å²) < 4.78 is 13.3. The lowest BCUT2D eigenvalue weighted by Gasteiger charge is -2.35. The van der Waals surface area contributed by atoms with Gasteiger partial charge in [-0.05, 0) is 25.1 Å². The molecule has 1 aliphatic heterocycles. The Morgan fingerprint density at radius 1 is 1.15 bits per heavy atom. The second kappa shape index (κ2) is 7.87. The zero-order valence-electron chi connectivity index (χ0n) is 15.0. The molecule has 0 aliphatic carbocycles. The predicted molar refractivity (Wildman–Crippen MR) is 101 cm³/mol. The van der Waals surface area contributed by atoms with Gasteiger partial charge in [-0.3, -0.25) is 9.59 Å². The first-order valence-corrected chi connectivity index (χ1v) is 8.84. The molecule has 0 radical (unpaired) electrons. The fraction of sp³-hybridized carbons (Fsp3) is 0.333. The Morgan fingerprint density at radius 3 is 2.48 bits per heavy atom. The van der Waals surface area contributed by atoms with Gasteiger partial charge >= 0.3 is 0 Å². The van der Waals surface area contributed by atoms with Crippen LogP contribution < -0.4 is 10.2 Å². The quantitative estimate of drug-likeness (QED) is 0.869. The second-order valence-corrected chi connectivity index (χ2v) is 6.64. The van der Waals surface area contributed by atoms with Gasteiger partial charge in [0, 0.05) is 44.9 Å². The fourth-order valence-electron chi connectivity index (χ4n) is 2.85. The van der Waals surface area contributed by atoms with Crippen LogP contribution >= 0.6 is 11.6 Å². The molecule has 0 spiro atoms. The molecule has 1 fully saturated rings. The average molecular weight is 392 g/mol. The van der Waals surface area contributed by atoms with Gasteiger partial charge in [-0.1, -0.05) is 11.6 Å². The van der Waals surface area contributed by atoms with Gasteiger partial charge in [0.05, 0.1) is 5.02 Å². The monoisotopic (exact) mass is 391 g/mol. The summed E-state index contributed by atoms with van der Waals surface area (Å²) in [6.45, 7) is 5.73. The Hall–Kier alpha value is -2.74. The Labute approximate surface area is 161 Å². The molecule has 1 aliphatic rings. The highest BCUT2D eigenvalue weighted by Crippen LogP contribution is 2.21. The molecule has 0 saturated carbocycles. The first-order valence-electron chi connectivity index (χ1n) is 8.46. The van der Waals surface area contributed by atoms with Crippen LogP contribution in [0, 0.1) is 12.7 Å². The average Bonchev–Trinajstić information content (AvgIpc) is 2.64. The fourth-order valence-corrected chi connectivity index (χ4v) is 3.03. The summed E-state index contributed by atoms with van der Waals surface area (Å²) in [5, 5.41) is 2.58. The van der Waals surface area contributed by atoms with Crippen LogP contribution in [-0.4, -0.2) is 52.9 Å². The molecule has 1 aromatic heterocycles. The summed E-state index contributed by atoms with van der Waals surface area (Å²) in [6, 6.07) is 5.56. The van der Waals surface area contributed by atoms with Crippen molar-refractivity contribution in [3.8, 4) is 0 Å². The van der Waals surface area contributed by atoms with Crippen molar-refractivity contribution in [3.63, 3.8) is 0 Å². The highest BCUT2D eigenvalue weighted by atomic mass is 35.5. The maximum atomic E-state index is 13.3. The molecule has 2 heterocycles. The first kappa shape index (κ1) is 19.0. The van der Waals surface area contributed by atoms with Crippen molar-refractivity contribution < 1.29 is 14.0 Å². The van der Waals surface area contributed by atoms with Crippen molar-refractivity contribution in [2.24, 2.45) is 0 Å². The summed E-state index contributed by atoms with van der Waals surface area (Å²) in [5.41, 5.74) is 0.575. The third kappa shape index (κ3) is 4.51. The van der Waals surface area contributed by atoms with Crippen molar-refractivity contribution >= 4 is 34.9 Å². The van der Waals surface area contributed by atoms with Crippen LogP contribution in [0.4, 0.5) is 15.9 Å². The van der Waals surface area contributed by atoms with E-state index in [1.165, 1.54) is 18.2 Å². The number of benzene rings is 1. The van der Waals surface area contributed by atoms with E-state index in [1.807, 2.05) is 4.90 Å². The molecule has 2 aromatic rings. The smallest absolute Gasteiger partial charge is 0.274 e. The number of aromatic nitrogens is 2. The first-order chi connectivity index (χ1) is 12.8. The summed E-state index contributed by atoms with van der Waals surface area (Å²) in [4.78, 5) is 36.4. The molecular weight excluding hydrogens is 373 g/mol. The van der Waals surface area contributed by atoms with Crippen LogP contribution in [0.25, 0.3) is 0 Å². The van der Waals surface area contributed by atoms with Crippen molar-refractivity contribution in [3.05, 3.63) is 46.6 Å². The van der Waals surface area contributed by atoms with E-state index in [2.05, 4.69) is 15.3 Å². The minimum Gasteiger partial charge on any atom is -0.353 e. The Kier molecular flexibility index (Phi) is 5.55. The topological polar surface area (TPSA) is 78.4 Å². The summed E-state index contributed by atoms with van der Waals surface area (Å²) in [5.74, 6) is 0.148. The van der Waals surface area contributed by atoms with Crippen LogP contribution in [0.5, 0.6) is 0 Å². The number of halogens is 2. The Balaban J connectivity index is 1.75. The lowest BCUT2D eigenvalue weighted by molar-refractivity contribution is -0.129.